The fourth-order valence-electron chi connectivity index (χ4n) is 3.49. The summed E-state index contributed by atoms with van der Waals surface area (Å²) in [4.78, 5) is 14.7. The number of thioether (sulfide) groups is 1. The number of ether oxygens (including phenoxy) is 1. The maximum absolute atomic E-state index is 12.4. The van der Waals surface area contributed by atoms with Crippen molar-refractivity contribution in [1.29, 1.82) is 0 Å². The largest absolute Gasteiger partial charge is 0.374 e. The molecule has 1 atom stereocenters. The number of nitrogens with one attached hydrogen (secondary N) is 1. The molecular weight excluding hydrogens is 412 g/mol. The number of rotatable bonds is 8. The summed E-state index contributed by atoms with van der Waals surface area (Å²) in [6.07, 6.45) is -0.0102. The number of tetrazole rings is 1. The molecule has 0 radical (unpaired) electrons. The summed E-state index contributed by atoms with van der Waals surface area (Å²) < 4.78 is 7.48. The zero-order valence-corrected chi connectivity index (χ0v) is 18.3. The Morgan fingerprint density at radius 1 is 1.23 bits per heavy atom. The quantitative estimate of drug-likeness (QED) is 0.539. The van der Waals surface area contributed by atoms with Gasteiger partial charge in [-0.1, -0.05) is 54.2 Å². The van der Waals surface area contributed by atoms with E-state index < -0.39 is 0 Å². The minimum absolute atomic E-state index is 0.0102. The smallest absolute Gasteiger partial charge is 0.230 e. The van der Waals surface area contributed by atoms with Crippen LogP contribution in [-0.4, -0.2) is 69.1 Å². The number of nitrogens with zero attached hydrogens (tertiary/aromatic N) is 5. The van der Waals surface area contributed by atoms with E-state index in [-0.39, 0.29) is 17.8 Å². The highest BCUT2D eigenvalue weighted by Gasteiger charge is 2.21. The molecule has 1 N–H and O–H groups in total. The second-order valence-electron chi connectivity index (χ2n) is 7.52. The maximum Gasteiger partial charge on any atom is 0.230 e. The van der Waals surface area contributed by atoms with E-state index in [4.69, 9.17) is 4.74 Å². The van der Waals surface area contributed by atoms with Crippen LogP contribution in [0.15, 0.2) is 59.8 Å². The molecule has 1 aliphatic heterocycles. The Morgan fingerprint density at radius 2 is 2.10 bits per heavy atom. The fraction of sp³-hybridized carbons (Fsp3) is 0.364. The molecule has 1 amide bonds. The van der Waals surface area contributed by atoms with Crippen LogP contribution in [0.1, 0.15) is 11.1 Å². The third-order valence-electron chi connectivity index (χ3n) is 5.02. The highest BCUT2D eigenvalue weighted by molar-refractivity contribution is 7.99. The van der Waals surface area contributed by atoms with Crippen molar-refractivity contribution < 1.29 is 9.53 Å². The van der Waals surface area contributed by atoms with E-state index in [1.54, 1.807) is 4.68 Å². The molecule has 31 heavy (non-hydrogen) atoms. The van der Waals surface area contributed by atoms with Crippen molar-refractivity contribution in [2.45, 2.75) is 24.7 Å². The van der Waals surface area contributed by atoms with Crippen LogP contribution in [0, 0.1) is 6.92 Å². The van der Waals surface area contributed by atoms with Crippen LogP contribution in [-0.2, 0) is 16.1 Å². The van der Waals surface area contributed by atoms with E-state index in [0.717, 1.165) is 30.9 Å². The zero-order valence-electron chi connectivity index (χ0n) is 17.5. The molecule has 0 spiro atoms. The van der Waals surface area contributed by atoms with E-state index in [9.17, 15) is 4.79 Å². The van der Waals surface area contributed by atoms with Gasteiger partial charge in [-0.3, -0.25) is 9.69 Å². The monoisotopic (exact) mass is 438 g/mol. The first-order chi connectivity index (χ1) is 15.2. The Hall–Kier alpha value is -2.75. The summed E-state index contributed by atoms with van der Waals surface area (Å²) in [5, 5.41) is 15.4. The minimum Gasteiger partial charge on any atom is -0.374 e. The molecule has 2 heterocycles. The number of benzene rings is 2. The highest BCUT2D eigenvalue weighted by atomic mass is 32.2. The van der Waals surface area contributed by atoms with Gasteiger partial charge in [0.15, 0.2) is 0 Å². The van der Waals surface area contributed by atoms with Crippen molar-refractivity contribution in [2.75, 3.05) is 32.0 Å². The molecule has 1 aromatic heterocycles. The van der Waals surface area contributed by atoms with Crippen LogP contribution < -0.4 is 5.32 Å². The number of carbonyl (C=O) groups excluding carboxylic acids is 1. The van der Waals surface area contributed by atoms with Crippen molar-refractivity contribution in [1.82, 2.24) is 30.4 Å². The molecule has 0 bridgehead atoms. The molecule has 2 aromatic carbocycles. The Morgan fingerprint density at radius 3 is 2.94 bits per heavy atom. The third-order valence-corrected chi connectivity index (χ3v) is 5.94. The zero-order chi connectivity index (χ0) is 21.5. The Kier molecular flexibility index (Phi) is 7.29. The standard InChI is InChI=1S/C22H26N6O2S/c1-17-6-5-9-19(12-17)28-22(24-25-26-28)31-16-21(29)23-13-20-15-27(10-11-30-20)14-18-7-3-2-4-8-18/h2-9,12,20H,10-11,13-16H2,1H3,(H,23,29). The van der Waals surface area contributed by atoms with Crippen LogP contribution in [0.25, 0.3) is 5.69 Å². The van der Waals surface area contributed by atoms with Gasteiger partial charge in [0.05, 0.1) is 24.2 Å². The van der Waals surface area contributed by atoms with E-state index in [1.807, 2.05) is 37.3 Å². The summed E-state index contributed by atoms with van der Waals surface area (Å²) in [7, 11) is 0. The normalized spacial score (nSPS) is 16.9. The van der Waals surface area contributed by atoms with E-state index in [0.29, 0.717) is 18.3 Å². The van der Waals surface area contributed by atoms with Crippen molar-refractivity contribution >= 4 is 17.7 Å². The number of morpholine rings is 1. The van der Waals surface area contributed by atoms with Crippen LogP contribution >= 0.6 is 11.8 Å². The predicted molar refractivity (Wildman–Crippen MR) is 119 cm³/mol. The second-order valence-corrected chi connectivity index (χ2v) is 8.46. The number of hydrogen-bond donors (Lipinski definition) is 1. The van der Waals surface area contributed by atoms with Gasteiger partial charge in [-0.25, -0.2) is 0 Å². The summed E-state index contributed by atoms with van der Waals surface area (Å²) in [5.74, 6) is 0.180. The maximum atomic E-state index is 12.4. The van der Waals surface area contributed by atoms with Gasteiger partial charge < -0.3 is 10.1 Å². The van der Waals surface area contributed by atoms with Crippen LogP contribution in [0.4, 0.5) is 0 Å². The second kappa shape index (κ2) is 10.5. The topological polar surface area (TPSA) is 85.2 Å². The molecular formula is C22H26N6O2S. The first-order valence-electron chi connectivity index (χ1n) is 10.3. The first kappa shape index (κ1) is 21.5. The predicted octanol–water partition coefficient (Wildman–Crippen LogP) is 2.08. The number of aromatic nitrogens is 4. The Bertz CT molecular complexity index is 996. The number of aryl methyl sites for hydroxylation is 1. The van der Waals surface area contributed by atoms with Gasteiger partial charge in [0.2, 0.25) is 11.1 Å². The average molecular weight is 439 g/mol. The van der Waals surface area contributed by atoms with Gasteiger partial charge >= 0.3 is 0 Å². The van der Waals surface area contributed by atoms with Crippen LogP contribution in [0.5, 0.6) is 0 Å². The van der Waals surface area contributed by atoms with E-state index in [2.05, 4.69) is 50.0 Å². The lowest BCUT2D eigenvalue weighted by Crippen LogP contribution is -2.47. The van der Waals surface area contributed by atoms with Crippen molar-refractivity contribution in [2.24, 2.45) is 0 Å². The molecule has 1 fully saturated rings. The Labute approximate surface area is 186 Å². The molecule has 1 aliphatic rings. The molecule has 0 saturated carbocycles. The minimum atomic E-state index is -0.0624. The van der Waals surface area contributed by atoms with Crippen LogP contribution in [0.2, 0.25) is 0 Å². The van der Waals surface area contributed by atoms with Gasteiger partial charge in [0.25, 0.3) is 0 Å². The lowest BCUT2D eigenvalue weighted by Gasteiger charge is -2.33. The van der Waals surface area contributed by atoms with Gasteiger partial charge in [-0.2, -0.15) is 4.68 Å². The number of hydrogen-bond acceptors (Lipinski definition) is 7. The van der Waals surface area contributed by atoms with Crippen molar-refractivity contribution in [3.8, 4) is 5.69 Å². The molecule has 8 nitrogen and oxygen atoms in total. The van der Waals surface area contributed by atoms with Gasteiger partial charge in [-0.15, -0.1) is 5.10 Å². The van der Waals surface area contributed by atoms with Gasteiger partial charge in [-0.05, 0) is 40.6 Å². The summed E-state index contributed by atoms with van der Waals surface area (Å²) >= 11 is 1.32. The molecule has 4 rings (SSSR count). The molecule has 9 heteroatoms. The molecule has 0 aliphatic carbocycles. The average Bonchev–Trinajstić information content (AvgIpc) is 3.26. The van der Waals surface area contributed by atoms with Crippen LogP contribution in [0.3, 0.4) is 0 Å². The van der Waals surface area contributed by atoms with Gasteiger partial charge in [0, 0.05) is 26.2 Å². The number of amides is 1. The Balaban J connectivity index is 1.23. The molecule has 3 aromatic rings. The summed E-state index contributed by atoms with van der Waals surface area (Å²) in [6, 6.07) is 18.3. The fourth-order valence-corrected chi connectivity index (χ4v) is 4.21. The van der Waals surface area contributed by atoms with Gasteiger partial charge in [0.1, 0.15) is 0 Å². The third kappa shape index (κ3) is 6.13. The van der Waals surface area contributed by atoms with Crippen molar-refractivity contribution in [3.05, 3.63) is 65.7 Å². The SMILES string of the molecule is Cc1cccc(-n2nnnc2SCC(=O)NCC2CN(Cc3ccccc3)CCO2)c1. The lowest BCUT2D eigenvalue weighted by atomic mass is 10.2. The molecule has 162 valence electrons. The number of carbonyl (C=O) groups is 1. The highest BCUT2D eigenvalue weighted by Crippen LogP contribution is 2.18. The van der Waals surface area contributed by atoms with Crippen molar-refractivity contribution in [3.63, 3.8) is 0 Å². The summed E-state index contributed by atoms with van der Waals surface area (Å²) in [6.45, 7) is 5.78. The molecule has 1 unspecified atom stereocenters. The van der Waals surface area contributed by atoms with E-state index in [1.165, 1.54) is 17.3 Å². The van der Waals surface area contributed by atoms with E-state index >= 15 is 0 Å². The lowest BCUT2D eigenvalue weighted by molar-refractivity contribution is -0.119. The molecule has 1 saturated heterocycles. The first-order valence-corrected chi connectivity index (χ1v) is 11.3. The summed E-state index contributed by atoms with van der Waals surface area (Å²) in [5.41, 5.74) is 3.28.